The number of rotatable bonds is 6. The van der Waals surface area contributed by atoms with Crippen molar-refractivity contribution in [1.82, 2.24) is 9.55 Å². The van der Waals surface area contributed by atoms with Gasteiger partial charge in [-0.1, -0.05) is 24.8 Å². The molecule has 10 heteroatoms. The standard InChI is InChI=1S/C22H24N4O4S2/c1-4-25-21(28)19-14-9-8-12(2)10-17(14)32-20(19)24-22(25)31-11-18(27)23-15-6-5-7-16(13(15)3)26(29)30/h5-7,12H,4,8-11H2,1-3H3,(H,23,27). The molecular formula is C22H24N4O4S2. The lowest BCUT2D eigenvalue weighted by molar-refractivity contribution is -0.385. The number of hydrogen-bond donors (Lipinski definition) is 1. The van der Waals surface area contributed by atoms with Gasteiger partial charge in [0, 0.05) is 17.5 Å². The van der Waals surface area contributed by atoms with Crippen LogP contribution in [0.4, 0.5) is 11.4 Å². The number of nitro benzene ring substituents is 1. The molecule has 0 aliphatic heterocycles. The third-order valence-electron chi connectivity index (χ3n) is 5.80. The number of thioether (sulfide) groups is 1. The third kappa shape index (κ3) is 4.16. The van der Waals surface area contributed by atoms with E-state index >= 15 is 0 Å². The molecule has 0 saturated carbocycles. The molecule has 2 heterocycles. The number of anilines is 1. The lowest BCUT2D eigenvalue weighted by atomic mass is 9.89. The molecule has 32 heavy (non-hydrogen) atoms. The molecule has 0 fully saturated rings. The Morgan fingerprint density at radius 2 is 2.22 bits per heavy atom. The fourth-order valence-corrected chi connectivity index (χ4v) is 6.35. The number of benzene rings is 1. The second-order valence-electron chi connectivity index (χ2n) is 8.02. The molecule has 1 unspecified atom stereocenters. The fourth-order valence-electron chi connectivity index (χ4n) is 4.07. The maximum absolute atomic E-state index is 13.2. The Hall–Kier alpha value is -2.72. The summed E-state index contributed by atoms with van der Waals surface area (Å²) < 4.78 is 1.63. The first-order chi connectivity index (χ1) is 15.3. The molecule has 2 aromatic heterocycles. The predicted molar refractivity (Wildman–Crippen MR) is 128 cm³/mol. The Morgan fingerprint density at radius 3 is 2.94 bits per heavy atom. The second kappa shape index (κ2) is 9.03. The van der Waals surface area contributed by atoms with Crippen molar-refractivity contribution in [3.8, 4) is 0 Å². The van der Waals surface area contributed by atoms with Crippen LogP contribution >= 0.6 is 23.1 Å². The minimum absolute atomic E-state index is 0.0398. The van der Waals surface area contributed by atoms with Crippen molar-refractivity contribution in [2.75, 3.05) is 11.1 Å². The zero-order valence-corrected chi connectivity index (χ0v) is 19.8. The van der Waals surface area contributed by atoms with E-state index in [-0.39, 0.29) is 22.9 Å². The minimum Gasteiger partial charge on any atom is -0.325 e. The van der Waals surface area contributed by atoms with Gasteiger partial charge >= 0.3 is 0 Å². The van der Waals surface area contributed by atoms with Crippen LogP contribution in [-0.2, 0) is 24.2 Å². The van der Waals surface area contributed by atoms with Crippen molar-refractivity contribution in [3.05, 3.63) is 54.7 Å². The summed E-state index contributed by atoms with van der Waals surface area (Å²) >= 11 is 2.80. The molecule has 1 atom stereocenters. The summed E-state index contributed by atoms with van der Waals surface area (Å²) in [5, 5.41) is 15.1. The smallest absolute Gasteiger partial charge is 0.274 e. The Morgan fingerprint density at radius 1 is 1.44 bits per heavy atom. The molecule has 0 bridgehead atoms. The Balaban J connectivity index is 1.57. The maximum Gasteiger partial charge on any atom is 0.274 e. The number of nitro groups is 1. The molecule has 0 saturated heterocycles. The van der Waals surface area contributed by atoms with Crippen LogP contribution in [0.25, 0.3) is 10.2 Å². The zero-order valence-electron chi connectivity index (χ0n) is 18.1. The molecular weight excluding hydrogens is 448 g/mol. The van der Waals surface area contributed by atoms with E-state index in [0.29, 0.717) is 28.9 Å². The van der Waals surface area contributed by atoms with Crippen molar-refractivity contribution in [1.29, 1.82) is 0 Å². The Labute approximate surface area is 193 Å². The van der Waals surface area contributed by atoms with Gasteiger partial charge in [-0.2, -0.15) is 0 Å². The number of nitrogens with one attached hydrogen (secondary N) is 1. The van der Waals surface area contributed by atoms with E-state index in [9.17, 15) is 19.7 Å². The highest BCUT2D eigenvalue weighted by molar-refractivity contribution is 7.99. The summed E-state index contributed by atoms with van der Waals surface area (Å²) in [6.07, 6.45) is 2.97. The molecule has 0 spiro atoms. The lowest BCUT2D eigenvalue weighted by Crippen LogP contribution is -2.24. The Bertz CT molecular complexity index is 1280. The highest BCUT2D eigenvalue weighted by Crippen LogP contribution is 2.36. The van der Waals surface area contributed by atoms with E-state index in [1.54, 1.807) is 28.9 Å². The fraction of sp³-hybridized carbons (Fsp3) is 0.409. The topological polar surface area (TPSA) is 107 Å². The predicted octanol–water partition coefficient (Wildman–Crippen LogP) is 4.55. The maximum atomic E-state index is 13.2. The van der Waals surface area contributed by atoms with Crippen molar-refractivity contribution in [2.24, 2.45) is 5.92 Å². The number of carbonyl (C=O) groups is 1. The van der Waals surface area contributed by atoms with Crippen LogP contribution in [0.5, 0.6) is 0 Å². The molecule has 1 aliphatic carbocycles. The number of aromatic nitrogens is 2. The van der Waals surface area contributed by atoms with Gasteiger partial charge in [-0.25, -0.2) is 4.98 Å². The summed E-state index contributed by atoms with van der Waals surface area (Å²) in [5.74, 6) is 0.344. The van der Waals surface area contributed by atoms with E-state index in [2.05, 4.69) is 12.2 Å². The van der Waals surface area contributed by atoms with Gasteiger partial charge in [0.1, 0.15) is 4.83 Å². The number of fused-ring (bicyclic) bond motifs is 3. The van der Waals surface area contributed by atoms with E-state index in [4.69, 9.17) is 4.98 Å². The van der Waals surface area contributed by atoms with Gasteiger partial charge in [-0.15, -0.1) is 11.3 Å². The molecule has 1 N–H and O–H groups in total. The van der Waals surface area contributed by atoms with Crippen LogP contribution in [-0.4, -0.2) is 26.1 Å². The largest absolute Gasteiger partial charge is 0.325 e. The highest BCUT2D eigenvalue weighted by Gasteiger charge is 2.24. The number of hydrogen-bond acceptors (Lipinski definition) is 7. The van der Waals surface area contributed by atoms with Crippen LogP contribution in [0.2, 0.25) is 0 Å². The normalized spacial score (nSPS) is 15.5. The van der Waals surface area contributed by atoms with Crippen LogP contribution < -0.4 is 10.9 Å². The van der Waals surface area contributed by atoms with Crippen molar-refractivity contribution >= 4 is 50.6 Å². The van der Waals surface area contributed by atoms with E-state index in [1.165, 1.54) is 28.8 Å². The van der Waals surface area contributed by atoms with Crippen molar-refractivity contribution in [2.45, 2.75) is 51.7 Å². The van der Waals surface area contributed by atoms with Crippen LogP contribution in [0.3, 0.4) is 0 Å². The molecule has 0 radical (unpaired) electrons. The average molecular weight is 473 g/mol. The molecule has 3 aromatic rings. The van der Waals surface area contributed by atoms with Crippen molar-refractivity contribution in [3.63, 3.8) is 0 Å². The van der Waals surface area contributed by atoms with Crippen LogP contribution in [0, 0.1) is 23.0 Å². The highest BCUT2D eigenvalue weighted by atomic mass is 32.2. The summed E-state index contributed by atoms with van der Waals surface area (Å²) in [6, 6.07) is 4.58. The van der Waals surface area contributed by atoms with Gasteiger partial charge in [0.05, 0.1) is 27.3 Å². The lowest BCUT2D eigenvalue weighted by Gasteiger charge is -2.17. The number of carbonyl (C=O) groups excluding carboxylic acids is 1. The average Bonchev–Trinajstić information content (AvgIpc) is 3.11. The van der Waals surface area contributed by atoms with Gasteiger partial charge in [0.2, 0.25) is 5.91 Å². The number of aryl methyl sites for hydroxylation is 1. The summed E-state index contributed by atoms with van der Waals surface area (Å²) in [7, 11) is 0. The minimum atomic E-state index is -0.472. The first-order valence-electron chi connectivity index (χ1n) is 10.5. The first-order valence-corrected chi connectivity index (χ1v) is 12.3. The quantitative estimate of drug-likeness (QED) is 0.244. The summed E-state index contributed by atoms with van der Waals surface area (Å²) in [5.41, 5.74) is 1.87. The van der Waals surface area contributed by atoms with E-state index < -0.39 is 4.92 Å². The molecule has 1 aliphatic rings. The van der Waals surface area contributed by atoms with Crippen molar-refractivity contribution < 1.29 is 9.72 Å². The van der Waals surface area contributed by atoms with Gasteiger partial charge < -0.3 is 5.32 Å². The molecule has 168 valence electrons. The first kappa shape index (κ1) is 22.5. The third-order valence-corrected chi connectivity index (χ3v) is 7.93. The number of nitrogens with zero attached hydrogens (tertiary/aromatic N) is 3. The Kier molecular flexibility index (Phi) is 6.34. The molecule has 1 amide bonds. The van der Waals surface area contributed by atoms with Gasteiger partial charge in [0.25, 0.3) is 11.2 Å². The van der Waals surface area contributed by atoms with Gasteiger partial charge in [0.15, 0.2) is 5.16 Å². The van der Waals surface area contributed by atoms with Crippen LogP contribution in [0.1, 0.15) is 36.3 Å². The summed E-state index contributed by atoms with van der Waals surface area (Å²) in [6.45, 7) is 6.20. The van der Waals surface area contributed by atoms with E-state index in [0.717, 1.165) is 35.0 Å². The monoisotopic (exact) mass is 472 g/mol. The van der Waals surface area contributed by atoms with Crippen LogP contribution in [0.15, 0.2) is 28.2 Å². The molecule has 1 aromatic carbocycles. The second-order valence-corrected chi connectivity index (χ2v) is 10.0. The summed E-state index contributed by atoms with van der Waals surface area (Å²) in [4.78, 5) is 43.2. The zero-order chi connectivity index (χ0) is 23.0. The number of amides is 1. The molecule has 4 rings (SSSR count). The van der Waals surface area contributed by atoms with Gasteiger partial charge in [-0.3, -0.25) is 24.3 Å². The van der Waals surface area contributed by atoms with E-state index in [1.807, 2.05) is 6.92 Å². The number of thiophene rings is 1. The van der Waals surface area contributed by atoms with Gasteiger partial charge in [-0.05, 0) is 50.7 Å². The molecule has 8 nitrogen and oxygen atoms in total. The SMILES string of the molecule is CCn1c(SCC(=O)Nc2cccc([N+](=O)[O-])c2C)nc2sc3c(c2c1=O)CCC(C)C3.